The summed E-state index contributed by atoms with van der Waals surface area (Å²) in [6.07, 6.45) is 1.34. The Morgan fingerprint density at radius 1 is 1.11 bits per heavy atom. The minimum Gasteiger partial charge on any atom is -0.445 e. The first kappa shape index (κ1) is 32.1. The Morgan fingerprint density at radius 2 is 1.86 bits per heavy atom. The van der Waals surface area contributed by atoms with Gasteiger partial charge in [-0.15, -0.1) is 0 Å². The van der Waals surface area contributed by atoms with Gasteiger partial charge in [-0.05, 0) is 54.5 Å². The maximum absolute atomic E-state index is 13.8. The van der Waals surface area contributed by atoms with Gasteiger partial charge in [-0.3, -0.25) is 0 Å². The number of nitrogens with zero attached hydrogens (tertiary/aromatic N) is 2. The fraction of sp³-hybridized carbons (Fsp3) is 0.500. The Balaban J connectivity index is 1.34. The van der Waals surface area contributed by atoms with Crippen molar-refractivity contribution >= 4 is 16.1 Å². The average molecular weight is 628 g/mol. The number of hydrogen-bond donors (Lipinski definition) is 3. The molecule has 3 aromatic rings. The number of hydrogen-bond acceptors (Lipinski definition) is 9. The van der Waals surface area contributed by atoms with Crippen LogP contribution in [0.25, 0.3) is 11.3 Å². The maximum Gasteiger partial charge on any atom is 0.407 e. The molecule has 44 heavy (non-hydrogen) atoms. The van der Waals surface area contributed by atoms with E-state index in [1.807, 2.05) is 44.2 Å². The van der Waals surface area contributed by atoms with Gasteiger partial charge < -0.3 is 29.4 Å². The Labute approximate surface area is 258 Å². The number of ether oxygens (including phenoxy) is 2. The third-order valence-electron chi connectivity index (χ3n) is 8.45. The summed E-state index contributed by atoms with van der Waals surface area (Å²) in [4.78, 5) is 17.2. The largest absolute Gasteiger partial charge is 0.445 e. The summed E-state index contributed by atoms with van der Waals surface area (Å²) < 4.78 is 45.7. The van der Waals surface area contributed by atoms with E-state index in [0.717, 1.165) is 12.0 Å². The van der Waals surface area contributed by atoms with Crippen LogP contribution in [0.4, 0.5) is 4.79 Å². The lowest BCUT2D eigenvalue weighted by atomic mass is 9.99. The van der Waals surface area contributed by atoms with Crippen LogP contribution in [0.2, 0.25) is 0 Å². The number of sulfonamides is 1. The lowest BCUT2D eigenvalue weighted by Gasteiger charge is -2.31. The Morgan fingerprint density at radius 3 is 2.52 bits per heavy atom. The fourth-order valence-electron chi connectivity index (χ4n) is 6.23. The zero-order valence-corrected chi connectivity index (χ0v) is 25.8. The number of aromatic nitrogens is 1. The van der Waals surface area contributed by atoms with E-state index in [0.29, 0.717) is 24.5 Å². The molecule has 1 saturated carbocycles. The van der Waals surface area contributed by atoms with Gasteiger partial charge in [-0.25, -0.2) is 18.2 Å². The van der Waals surface area contributed by atoms with E-state index < -0.39 is 34.4 Å². The zero-order chi connectivity index (χ0) is 31.3. The molecule has 3 N–H and O–H groups in total. The first-order chi connectivity index (χ1) is 21.2. The van der Waals surface area contributed by atoms with E-state index >= 15 is 0 Å². The van der Waals surface area contributed by atoms with Gasteiger partial charge in [-0.2, -0.15) is 4.31 Å². The molecule has 2 aromatic carbocycles. The number of benzene rings is 2. The van der Waals surface area contributed by atoms with E-state index in [9.17, 15) is 23.4 Å². The summed E-state index contributed by atoms with van der Waals surface area (Å²) in [5.74, 6) is 0.548. The van der Waals surface area contributed by atoms with Crippen LogP contribution < -0.4 is 5.32 Å². The smallest absolute Gasteiger partial charge is 0.407 e. The molecular formula is C32H41N3O8S. The van der Waals surface area contributed by atoms with Crippen LogP contribution in [0.1, 0.15) is 25.8 Å². The monoisotopic (exact) mass is 627 g/mol. The Bertz CT molecular complexity index is 1450. The van der Waals surface area contributed by atoms with Crippen LogP contribution in [0.5, 0.6) is 0 Å². The van der Waals surface area contributed by atoms with Gasteiger partial charge in [0, 0.05) is 43.7 Å². The normalized spacial score (nSPS) is 23.0. The van der Waals surface area contributed by atoms with Gasteiger partial charge in [-0.1, -0.05) is 44.2 Å². The standard InChI is InChI=1S/C32H41N3O8S/c1-21(2)15-35(44(39,40)26-10-8-23(9-11-26)30-14-33-20-42-30)16-29(37)28(12-22-6-4-3-5-7-22)34-32(38)43-31-24(17-36)13-25-18-41-19-27(25)31/h3-11,14,20-21,24-25,27-29,31,36-37H,12-13,15-19H2,1-2H3,(H,34,38)/t24?,25?,27?,28-,29+,31?/m0/s1. The highest BCUT2D eigenvalue weighted by atomic mass is 32.2. The zero-order valence-electron chi connectivity index (χ0n) is 25.0. The van der Waals surface area contributed by atoms with Crippen molar-refractivity contribution < 1.29 is 37.3 Å². The number of carbonyl (C=O) groups is 1. The summed E-state index contributed by atoms with van der Waals surface area (Å²) in [5, 5.41) is 24.3. The van der Waals surface area contributed by atoms with E-state index in [-0.39, 0.29) is 54.7 Å². The van der Waals surface area contributed by atoms with Gasteiger partial charge in [0.15, 0.2) is 12.2 Å². The summed E-state index contributed by atoms with van der Waals surface area (Å²) in [5.41, 5.74) is 1.54. The van der Waals surface area contributed by atoms with E-state index in [1.165, 1.54) is 22.8 Å². The number of aliphatic hydroxyl groups excluding tert-OH is 2. The number of fused-ring (bicyclic) bond motifs is 1. The number of alkyl carbamates (subject to hydrolysis) is 1. The quantitative estimate of drug-likeness (QED) is 0.259. The van der Waals surface area contributed by atoms with Crippen LogP contribution >= 0.6 is 0 Å². The first-order valence-corrected chi connectivity index (χ1v) is 16.5. The van der Waals surface area contributed by atoms with Crippen molar-refractivity contribution in [2.45, 2.75) is 49.8 Å². The summed E-state index contributed by atoms with van der Waals surface area (Å²) in [6, 6.07) is 14.8. The van der Waals surface area contributed by atoms with Crippen molar-refractivity contribution in [3.8, 4) is 11.3 Å². The van der Waals surface area contributed by atoms with Crippen LogP contribution in [-0.4, -0.2) is 85.2 Å². The van der Waals surface area contributed by atoms with Crippen LogP contribution in [0.15, 0.2) is 76.5 Å². The third-order valence-corrected chi connectivity index (χ3v) is 10.3. The third kappa shape index (κ3) is 7.49. The molecule has 1 aliphatic carbocycles. The number of aliphatic hydroxyl groups is 2. The molecular weight excluding hydrogens is 586 g/mol. The van der Waals surface area contributed by atoms with E-state index in [1.54, 1.807) is 18.3 Å². The molecule has 2 aliphatic rings. The molecule has 6 atom stereocenters. The van der Waals surface area contributed by atoms with Gasteiger partial charge in [0.05, 0.1) is 29.8 Å². The molecule has 2 fully saturated rings. The molecule has 1 aromatic heterocycles. The second-order valence-electron chi connectivity index (χ2n) is 12.1. The van der Waals surface area contributed by atoms with Crippen LogP contribution in [0.3, 0.4) is 0 Å². The molecule has 0 spiro atoms. The molecule has 1 saturated heterocycles. The van der Waals surface area contributed by atoms with Gasteiger partial charge in [0.2, 0.25) is 10.0 Å². The van der Waals surface area contributed by atoms with Crippen molar-refractivity contribution in [3.63, 3.8) is 0 Å². The van der Waals surface area contributed by atoms with Crippen molar-refractivity contribution in [1.82, 2.24) is 14.6 Å². The molecule has 11 nitrogen and oxygen atoms in total. The average Bonchev–Trinajstić information content (AvgIpc) is 3.77. The minimum absolute atomic E-state index is 0.0116. The SMILES string of the molecule is CC(C)CN(C[C@@H](O)[C@H](Cc1ccccc1)NC(=O)OC1C(CO)CC2COCC21)S(=O)(=O)c1ccc(-c2cnco2)cc1. The van der Waals surface area contributed by atoms with Gasteiger partial charge >= 0.3 is 6.09 Å². The Kier molecular flexibility index (Phi) is 10.4. The molecule has 5 rings (SSSR count). The molecule has 238 valence electrons. The fourth-order valence-corrected chi connectivity index (χ4v) is 7.85. The topological polar surface area (TPSA) is 151 Å². The van der Waals surface area contributed by atoms with Crippen molar-refractivity contribution in [2.75, 3.05) is 32.9 Å². The Hall–Kier alpha value is -3.29. The van der Waals surface area contributed by atoms with Crippen molar-refractivity contribution in [1.29, 1.82) is 0 Å². The minimum atomic E-state index is -4.01. The number of oxazole rings is 1. The van der Waals surface area contributed by atoms with Gasteiger partial charge in [0.1, 0.15) is 6.10 Å². The number of carbonyl (C=O) groups excluding carboxylic acids is 1. The second-order valence-corrected chi connectivity index (χ2v) is 14.1. The highest BCUT2D eigenvalue weighted by Gasteiger charge is 2.48. The molecule has 0 radical (unpaired) electrons. The highest BCUT2D eigenvalue weighted by molar-refractivity contribution is 7.89. The summed E-state index contributed by atoms with van der Waals surface area (Å²) in [6.45, 7) is 4.68. The lowest BCUT2D eigenvalue weighted by Crippen LogP contribution is -2.52. The molecule has 1 amide bonds. The van der Waals surface area contributed by atoms with E-state index in [4.69, 9.17) is 13.9 Å². The van der Waals surface area contributed by atoms with Crippen LogP contribution in [-0.2, 0) is 25.9 Å². The number of rotatable bonds is 13. The molecule has 1 aliphatic heterocycles. The van der Waals surface area contributed by atoms with E-state index in [2.05, 4.69) is 10.3 Å². The molecule has 4 unspecified atom stereocenters. The summed E-state index contributed by atoms with van der Waals surface area (Å²) >= 11 is 0. The predicted octanol–water partition coefficient (Wildman–Crippen LogP) is 3.33. The number of nitrogens with one attached hydrogen (secondary N) is 1. The van der Waals surface area contributed by atoms with Gasteiger partial charge in [0.25, 0.3) is 0 Å². The second kappa shape index (κ2) is 14.2. The number of amides is 1. The first-order valence-electron chi connectivity index (χ1n) is 15.0. The molecule has 2 heterocycles. The van der Waals surface area contributed by atoms with Crippen LogP contribution in [0, 0.1) is 23.7 Å². The maximum atomic E-state index is 13.8. The predicted molar refractivity (Wildman–Crippen MR) is 162 cm³/mol. The highest BCUT2D eigenvalue weighted by Crippen LogP contribution is 2.42. The molecule has 0 bridgehead atoms. The van der Waals surface area contributed by atoms with Crippen molar-refractivity contribution in [3.05, 3.63) is 72.8 Å². The van der Waals surface area contributed by atoms with Crippen molar-refractivity contribution in [2.24, 2.45) is 23.7 Å². The lowest BCUT2D eigenvalue weighted by molar-refractivity contribution is 0.0146. The molecule has 12 heteroatoms. The summed E-state index contributed by atoms with van der Waals surface area (Å²) in [7, 11) is -4.01.